The molecule has 1 aliphatic rings. The topological polar surface area (TPSA) is 107 Å². The van der Waals surface area contributed by atoms with Crippen molar-refractivity contribution in [3.05, 3.63) is 65.8 Å². The molecule has 1 fully saturated rings. The summed E-state index contributed by atoms with van der Waals surface area (Å²) in [6.07, 6.45) is -4.78. The minimum Gasteiger partial charge on any atom is -0.352 e. The summed E-state index contributed by atoms with van der Waals surface area (Å²) in [6.45, 7) is -0.431. The standard InChI is InChI=1S/C21H17F6N5O3S/c22-12-1-3-14(4-2-12)36(34,35)16-6-5-15(16)19(33)28-7-11-10-32(31-17(11)18(23)24)13-8-29-20(30-9-13)21(25,26)27/h1-4,8-10,15-16,18H,5-7H2,(H,28,33)/t15-,16+/m1/s1. The molecule has 2 aromatic heterocycles. The Balaban J connectivity index is 1.47. The van der Waals surface area contributed by atoms with Crippen LogP contribution in [0.5, 0.6) is 0 Å². The molecule has 1 saturated carbocycles. The molecule has 1 aromatic carbocycles. The van der Waals surface area contributed by atoms with Crippen molar-refractivity contribution in [2.75, 3.05) is 0 Å². The molecule has 0 spiro atoms. The fourth-order valence-electron chi connectivity index (χ4n) is 3.71. The molecule has 0 bridgehead atoms. The lowest BCUT2D eigenvalue weighted by atomic mass is 9.84. The first-order valence-corrected chi connectivity index (χ1v) is 12.0. The molecule has 2 atom stereocenters. The van der Waals surface area contributed by atoms with E-state index in [1.54, 1.807) is 0 Å². The molecule has 8 nitrogen and oxygen atoms in total. The number of aromatic nitrogens is 4. The molecule has 15 heteroatoms. The van der Waals surface area contributed by atoms with Gasteiger partial charge in [-0.15, -0.1) is 0 Å². The molecule has 4 rings (SSSR count). The van der Waals surface area contributed by atoms with Gasteiger partial charge in [-0.3, -0.25) is 4.79 Å². The van der Waals surface area contributed by atoms with Gasteiger partial charge in [-0.2, -0.15) is 18.3 Å². The van der Waals surface area contributed by atoms with Gasteiger partial charge in [-0.1, -0.05) is 0 Å². The Morgan fingerprint density at radius 2 is 1.75 bits per heavy atom. The van der Waals surface area contributed by atoms with Gasteiger partial charge in [-0.05, 0) is 37.1 Å². The maximum absolute atomic E-state index is 13.5. The summed E-state index contributed by atoms with van der Waals surface area (Å²) in [7, 11) is -3.92. The van der Waals surface area contributed by atoms with Gasteiger partial charge >= 0.3 is 6.18 Å². The van der Waals surface area contributed by atoms with Crippen molar-refractivity contribution >= 4 is 15.7 Å². The molecule has 3 aromatic rings. The highest BCUT2D eigenvalue weighted by Gasteiger charge is 2.45. The van der Waals surface area contributed by atoms with Crippen molar-refractivity contribution in [3.8, 4) is 5.69 Å². The van der Waals surface area contributed by atoms with Crippen LogP contribution < -0.4 is 5.32 Å². The number of carbonyl (C=O) groups is 1. The number of nitrogens with one attached hydrogen (secondary N) is 1. The molecule has 192 valence electrons. The van der Waals surface area contributed by atoms with Crippen LogP contribution in [-0.4, -0.2) is 39.3 Å². The van der Waals surface area contributed by atoms with Crippen molar-refractivity contribution in [3.63, 3.8) is 0 Å². The highest BCUT2D eigenvalue weighted by molar-refractivity contribution is 7.92. The molecule has 0 aliphatic heterocycles. The maximum Gasteiger partial charge on any atom is 0.451 e. The highest BCUT2D eigenvalue weighted by atomic mass is 32.2. The van der Waals surface area contributed by atoms with E-state index >= 15 is 0 Å². The quantitative estimate of drug-likeness (QED) is 0.367. The van der Waals surface area contributed by atoms with E-state index in [2.05, 4.69) is 20.4 Å². The van der Waals surface area contributed by atoms with Crippen LogP contribution in [0.2, 0.25) is 0 Å². The van der Waals surface area contributed by atoms with Crippen molar-refractivity contribution in [2.45, 2.75) is 42.1 Å². The van der Waals surface area contributed by atoms with Gasteiger partial charge < -0.3 is 5.32 Å². The van der Waals surface area contributed by atoms with Crippen LogP contribution in [0.15, 0.2) is 47.8 Å². The predicted octanol–water partition coefficient (Wildman–Crippen LogP) is 3.63. The lowest BCUT2D eigenvalue weighted by molar-refractivity contribution is -0.145. The smallest absolute Gasteiger partial charge is 0.352 e. The van der Waals surface area contributed by atoms with Gasteiger partial charge in [0.05, 0.1) is 28.5 Å². The summed E-state index contributed by atoms with van der Waals surface area (Å²) in [5, 5.41) is 5.03. The third-order valence-electron chi connectivity index (χ3n) is 5.73. The van der Waals surface area contributed by atoms with Gasteiger partial charge in [0.25, 0.3) is 6.43 Å². The minimum absolute atomic E-state index is 0.119. The van der Waals surface area contributed by atoms with Gasteiger partial charge in [-0.25, -0.2) is 36.2 Å². The molecule has 2 heterocycles. The Kier molecular flexibility index (Phi) is 6.77. The number of halogens is 6. The third-order valence-corrected chi connectivity index (χ3v) is 8.02. The molecule has 1 aliphatic carbocycles. The van der Waals surface area contributed by atoms with E-state index in [0.29, 0.717) is 0 Å². The molecular weight excluding hydrogens is 516 g/mol. The van der Waals surface area contributed by atoms with Crippen LogP contribution in [0.4, 0.5) is 26.3 Å². The molecular formula is C21H17F6N5O3S. The van der Waals surface area contributed by atoms with Crippen molar-refractivity contribution < 1.29 is 39.6 Å². The van der Waals surface area contributed by atoms with Crippen LogP contribution in [0.25, 0.3) is 5.69 Å². The van der Waals surface area contributed by atoms with E-state index in [1.165, 1.54) is 0 Å². The number of carbonyl (C=O) groups excluding carboxylic acids is 1. The van der Waals surface area contributed by atoms with E-state index in [0.717, 1.165) is 47.5 Å². The second-order valence-electron chi connectivity index (χ2n) is 7.99. The Bertz CT molecular complexity index is 1360. The largest absolute Gasteiger partial charge is 0.451 e. The van der Waals surface area contributed by atoms with E-state index in [-0.39, 0.29) is 29.0 Å². The first kappa shape index (κ1) is 25.6. The summed E-state index contributed by atoms with van der Waals surface area (Å²) in [5.41, 5.74) is -0.971. The van der Waals surface area contributed by atoms with Crippen molar-refractivity contribution in [1.29, 1.82) is 0 Å². The van der Waals surface area contributed by atoms with Crippen molar-refractivity contribution in [1.82, 2.24) is 25.1 Å². The fourth-order valence-corrected chi connectivity index (χ4v) is 5.72. The average molecular weight is 533 g/mol. The second-order valence-corrected chi connectivity index (χ2v) is 10.2. The number of rotatable bonds is 7. The number of sulfone groups is 1. The average Bonchev–Trinajstić information content (AvgIpc) is 3.21. The van der Waals surface area contributed by atoms with Crippen LogP contribution >= 0.6 is 0 Å². The lowest BCUT2D eigenvalue weighted by Gasteiger charge is -2.34. The predicted molar refractivity (Wildman–Crippen MR) is 111 cm³/mol. The number of amides is 1. The Labute approximate surface area is 200 Å². The van der Waals surface area contributed by atoms with Gasteiger partial charge in [0.1, 0.15) is 17.2 Å². The number of hydrogen-bond donors (Lipinski definition) is 1. The zero-order valence-corrected chi connectivity index (χ0v) is 18.9. The molecule has 0 saturated heterocycles. The minimum atomic E-state index is -4.78. The normalized spacial score (nSPS) is 18.2. The third kappa shape index (κ3) is 5.05. The van der Waals surface area contributed by atoms with E-state index in [1.807, 2.05) is 0 Å². The second kappa shape index (κ2) is 9.52. The zero-order chi connectivity index (χ0) is 26.3. The Morgan fingerprint density at radius 3 is 2.28 bits per heavy atom. The molecule has 1 N–H and O–H groups in total. The first-order chi connectivity index (χ1) is 16.9. The summed E-state index contributed by atoms with van der Waals surface area (Å²) in [4.78, 5) is 18.8. The van der Waals surface area contributed by atoms with E-state index in [9.17, 15) is 39.6 Å². The number of hydrogen-bond acceptors (Lipinski definition) is 6. The molecule has 0 radical (unpaired) electrons. The summed E-state index contributed by atoms with van der Waals surface area (Å²) in [5.74, 6) is -3.64. The van der Waals surface area contributed by atoms with E-state index in [4.69, 9.17) is 0 Å². The fraction of sp³-hybridized carbons (Fsp3) is 0.333. The van der Waals surface area contributed by atoms with Crippen molar-refractivity contribution in [2.24, 2.45) is 5.92 Å². The van der Waals surface area contributed by atoms with Crippen LogP contribution in [0, 0.1) is 11.7 Å². The van der Waals surface area contributed by atoms with Crippen LogP contribution in [0.3, 0.4) is 0 Å². The molecule has 0 unspecified atom stereocenters. The summed E-state index contributed by atoms with van der Waals surface area (Å²) in [6, 6.07) is 4.19. The molecule has 1 amide bonds. The Hall–Kier alpha value is -3.49. The number of nitrogens with zero attached hydrogens (tertiary/aromatic N) is 4. The highest BCUT2D eigenvalue weighted by Crippen LogP contribution is 2.37. The van der Waals surface area contributed by atoms with Gasteiger partial charge in [0, 0.05) is 18.3 Å². The molecule has 36 heavy (non-hydrogen) atoms. The first-order valence-electron chi connectivity index (χ1n) is 10.4. The maximum atomic E-state index is 13.5. The Morgan fingerprint density at radius 1 is 1.11 bits per heavy atom. The van der Waals surface area contributed by atoms with Crippen LogP contribution in [-0.2, 0) is 27.4 Å². The summed E-state index contributed by atoms with van der Waals surface area (Å²) >= 11 is 0. The van der Waals surface area contributed by atoms with E-state index < -0.39 is 63.4 Å². The van der Waals surface area contributed by atoms with Crippen LogP contribution in [0.1, 0.15) is 36.3 Å². The lowest BCUT2D eigenvalue weighted by Crippen LogP contribution is -2.47. The SMILES string of the molecule is O=C(NCc1cn(-c2cnc(C(F)(F)F)nc2)nc1C(F)F)[C@@H]1CC[C@@H]1S(=O)(=O)c1ccc(F)cc1. The summed E-state index contributed by atoms with van der Waals surface area (Å²) < 4.78 is 105. The van der Waals surface area contributed by atoms with Gasteiger partial charge in [0.15, 0.2) is 9.84 Å². The monoisotopic (exact) mass is 533 g/mol. The number of alkyl halides is 5. The zero-order valence-electron chi connectivity index (χ0n) is 18.1. The van der Waals surface area contributed by atoms with Gasteiger partial charge in [0.2, 0.25) is 11.7 Å². The number of benzene rings is 1.